The molecule has 0 bridgehead atoms. The lowest BCUT2D eigenvalue weighted by molar-refractivity contribution is -0.118. The number of anilines is 1. The van der Waals surface area contributed by atoms with Gasteiger partial charge in [-0.25, -0.2) is 0 Å². The zero-order chi connectivity index (χ0) is 16.8. The Hall–Kier alpha value is -1.66. The molecule has 124 valence electrons. The number of hydrogen-bond donors (Lipinski definition) is 1. The SMILES string of the molecule is CCCCc1nnc(NC(=O)COc2cc(C)c(Cl)c(C)c2)s1. The van der Waals surface area contributed by atoms with Crippen LogP contribution in [0.4, 0.5) is 5.13 Å². The van der Waals surface area contributed by atoms with Crippen LogP contribution in [0.15, 0.2) is 12.1 Å². The molecule has 1 amide bonds. The van der Waals surface area contributed by atoms with Gasteiger partial charge in [-0.1, -0.05) is 36.3 Å². The maximum Gasteiger partial charge on any atom is 0.264 e. The van der Waals surface area contributed by atoms with Crippen molar-refractivity contribution in [2.75, 3.05) is 11.9 Å². The number of rotatable bonds is 7. The monoisotopic (exact) mass is 353 g/mol. The fourth-order valence-electron chi connectivity index (χ4n) is 2.03. The molecule has 0 unspecified atom stereocenters. The van der Waals surface area contributed by atoms with Gasteiger partial charge >= 0.3 is 0 Å². The highest BCUT2D eigenvalue weighted by Crippen LogP contribution is 2.25. The fourth-order valence-corrected chi connectivity index (χ4v) is 2.93. The number of nitrogens with one attached hydrogen (secondary N) is 1. The van der Waals surface area contributed by atoms with Gasteiger partial charge in [0.2, 0.25) is 5.13 Å². The van der Waals surface area contributed by atoms with Crippen molar-refractivity contribution in [1.82, 2.24) is 10.2 Å². The summed E-state index contributed by atoms with van der Waals surface area (Å²) in [4.78, 5) is 11.9. The lowest BCUT2D eigenvalue weighted by Gasteiger charge is -2.09. The third-order valence-corrected chi connectivity index (χ3v) is 4.73. The zero-order valence-electron chi connectivity index (χ0n) is 13.5. The van der Waals surface area contributed by atoms with Crippen LogP contribution in [0.2, 0.25) is 5.02 Å². The maximum atomic E-state index is 11.9. The van der Waals surface area contributed by atoms with E-state index in [1.54, 1.807) is 0 Å². The van der Waals surface area contributed by atoms with E-state index in [2.05, 4.69) is 22.4 Å². The van der Waals surface area contributed by atoms with Crippen LogP contribution in [-0.4, -0.2) is 22.7 Å². The molecule has 2 rings (SSSR count). The van der Waals surface area contributed by atoms with Gasteiger partial charge in [-0.15, -0.1) is 10.2 Å². The lowest BCUT2D eigenvalue weighted by atomic mass is 10.1. The first kappa shape index (κ1) is 17.7. The second-order valence-corrected chi connectivity index (χ2v) is 6.75. The summed E-state index contributed by atoms with van der Waals surface area (Å²) in [6, 6.07) is 3.63. The molecule has 0 aliphatic rings. The molecular weight excluding hydrogens is 334 g/mol. The summed E-state index contributed by atoms with van der Waals surface area (Å²) in [6.45, 7) is 5.86. The molecule has 0 saturated carbocycles. The van der Waals surface area contributed by atoms with E-state index in [1.807, 2.05) is 26.0 Å². The van der Waals surface area contributed by atoms with E-state index in [1.165, 1.54) is 11.3 Å². The molecule has 0 fully saturated rings. The van der Waals surface area contributed by atoms with Crippen LogP contribution >= 0.6 is 22.9 Å². The van der Waals surface area contributed by atoms with Crippen LogP contribution in [-0.2, 0) is 11.2 Å². The number of hydrogen-bond acceptors (Lipinski definition) is 5. The Balaban J connectivity index is 1.86. The summed E-state index contributed by atoms with van der Waals surface area (Å²) in [7, 11) is 0. The Morgan fingerprint density at radius 3 is 2.65 bits per heavy atom. The van der Waals surface area contributed by atoms with Crippen LogP contribution in [0.1, 0.15) is 35.9 Å². The summed E-state index contributed by atoms with van der Waals surface area (Å²) in [6.07, 6.45) is 3.07. The molecule has 0 spiro atoms. The number of aryl methyl sites for hydroxylation is 3. The molecule has 7 heteroatoms. The van der Waals surface area contributed by atoms with Crippen molar-refractivity contribution in [2.24, 2.45) is 0 Å². The minimum absolute atomic E-state index is 0.0790. The number of amides is 1. The Labute approximate surface area is 145 Å². The molecule has 0 aliphatic heterocycles. The average Bonchev–Trinajstić information content (AvgIpc) is 2.95. The van der Waals surface area contributed by atoms with Gasteiger partial charge in [-0.2, -0.15) is 0 Å². The van der Waals surface area contributed by atoms with Crippen molar-refractivity contribution in [3.63, 3.8) is 0 Å². The van der Waals surface area contributed by atoms with Crippen molar-refractivity contribution in [3.05, 3.63) is 33.3 Å². The summed E-state index contributed by atoms with van der Waals surface area (Å²) >= 11 is 7.51. The van der Waals surface area contributed by atoms with E-state index in [0.29, 0.717) is 10.9 Å². The highest BCUT2D eigenvalue weighted by atomic mass is 35.5. The average molecular weight is 354 g/mol. The summed E-state index contributed by atoms with van der Waals surface area (Å²) in [5, 5.41) is 12.9. The van der Waals surface area contributed by atoms with E-state index in [9.17, 15) is 4.79 Å². The van der Waals surface area contributed by atoms with E-state index >= 15 is 0 Å². The number of nitrogens with zero attached hydrogens (tertiary/aromatic N) is 2. The molecule has 2 aromatic rings. The molecule has 23 heavy (non-hydrogen) atoms. The Kier molecular flexibility index (Phi) is 6.36. The van der Waals surface area contributed by atoms with Gasteiger partial charge in [0, 0.05) is 11.4 Å². The number of benzene rings is 1. The highest BCUT2D eigenvalue weighted by molar-refractivity contribution is 7.15. The van der Waals surface area contributed by atoms with Crippen LogP contribution in [0, 0.1) is 13.8 Å². The molecule has 1 heterocycles. The van der Waals surface area contributed by atoms with Crippen molar-refractivity contribution in [1.29, 1.82) is 0 Å². The first-order valence-electron chi connectivity index (χ1n) is 7.51. The summed E-state index contributed by atoms with van der Waals surface area (Å²) in [5.41, 5.74) is 1.85. The molecule has 0 radical (unpaired) electrons. The topological polar surface area (TPSA) is 64.1 Å². The summed E-state index contributed by atoms with van der Waals surface area (Å²) in [5.74, 6) is 0.369. The molecule has 0 saturated heterocycles. The van der Waals surface area contributed by atoms with E-state index in [-0.39, 0.29) is 12.5 Å². The minimum Gasteiger partial charge on any atom is -0.484 e. The molecule has 5 nitrogen and oxygen atoms in total. The Morgan fingerprint density at radius 1 is 1.30 bits per heavy atom. The lowest BCUT2D eigenvalue weighted by Crippen LogP contribution is -2.20. The quantitative estimate of drug-likeness (QED) is 0.811. The van der Waals surface area contributed by atoms with Crippen molar-refractivity contribution in [3.8, 4) is 5.75 Å². The zero-order valence-corrected chi connectivity index (χ0v) is 15.1. The van der Waals surface area contributed by atoms with Gasteiger partial charge in [0.25, 0.3) is 5.91 Å². The number of carbonyl (C=O) groups is 1. The molecule has 0 atom stereocenters. The van der Waals surface area contributed by atoms with Crippen molar-refractivity contribution in [2.45, 2.75) is 40.0 Å². The maximum absolute atomic E-state index is 11.9. The Bertz CT molecular complexity index is 665. The second kappa shape index (κ2) is 8.26. The number of carbonyl (C=O) groups excluding carboxylic acids is 1. The standard InChI is InChI=1S/C16H20ClN3O2S/c1-4-5-6-14-19-20-16(23-14)18-13(21)9-22-12-7-10(2)15(17)11(3)8-12/h7-8H,4-6,9H2,1-3H3,(H,18,20,21). The van der Waals surface area contributed by atoms with Gasteiger partial charge in [-0.05, 0) is 43.5 Å². The van der Waals surface area contributed by atoms with E-state index in [0.717, 1.165) is 40.4 Å². The van der Waals surface area contributed by atoms with E-state index < -0.39 is 0 Å². The normalized spacial score (nSPS) is 10.6. The molecule has 0 aliphatic carbocycles. The van der Waals surface area contributed by atoms with Crippen LogP contribution in [0.5, 0.6) is 5.75 Å². The van der Waals surface area contributed by atoms with Gasteiger partial charge < -0.3 is 4.74 Å². The third kappa shape index (κ3) is 5.18. The number of ether oxygens (including phenoxy) is 1. The van der Waals surface area contributed by atoms with E-state index in [4.69, 9.17) is 16.3 Å². The fraction of sp³-hybridized carbons (Fsp3) is 0.438. The van der Waals surface area contributed by atoms with Crippen molar-refractivity contribution < 1.29 is 9.53 Å². The highest BCUT2D eigenvalue weighted by Gasteiger charge is 2.10. The second-order valence-electron chi connectivity index (χ2n) is 5.31. The number of unbranched alkanes of at least 4 members (excludes halogenated alkanes) is 1. The molecular formula is C16H20ClN3O2S. The van der Waals surface area contributed by atoms with Gasteiger partial charge in [0.15, 0.2) is 6.61 Å². The smallest absolute Gasteiger partial charge is 0.264 e. The first-order valence-corrected chi connectivity index (χ1v) is 8.70. The van der Waals surface area contributed by atoms with Crippen LogP contribution in [0.25, 0.3) is 0 Å². The predicted octanol–water partition coefficient (Wildman–Crippen LogP) is 4.17. The largest absolute Gasteiger partial charge is 0.484 e. The third-order valence-electron chi connectivity index (χ3n) is 3.24. The molecule has 1 aromatic heterocycles. The predicted molar refractivity (Wildman–Crippen MR) is 93.6 cm³/mol. The van der Waals surface area contributed by atoms with Gasteiger partial charge in [0.05, 0.1) is 0 Å². The number of aromatic nitrogens is 2. The molecule has 1 N–H and O–H groups in total. The molecule has 1 aromatic carbocycles. The van der Waals surface area contributed by atoms with Crippen LogP contribution in [0.3, 0.4) is 0 Å². The number of halogens is 1. The Morgan fingerprint density at radius 2 is 2.00 bits per heavy atom. The summed E-state index contributed by atoms with van der Waals surface area (Å²) < 4.78 is 5.51. The van der Waals surface area contributed by atoms with Crippen LogP contribution < -0.4 is 10.1 Å². The van der Waals surface area contributed by atoms with Crippen molar-refractivity contribution >= 4 is 34.0 Å². The van der Waals surface area contributed by atoms with Gasteiger partial charge in [0.1, 0.15) is 10.8 Å². The van der Waals surface area contributed by atoms with Gasteiger partial charge in [-0.3, -0.25) is 10.1 Å². The first-order chi connectivity index (χ1) is 11.0. The minimum atomic E-state index is -0.256.